The minimum atomic E-state index is -1.19. The first kappa shape index (κ1) is 19.0. The number of hydrogen-bond donors (Lipinski definition) is 1. The summed E-state index contributed by atoms with van der Waals surface area (Å²) in [5, 5.41) is 11.7. The predicted octanol–water partition coefficient (Wildman–Crippen LogP) is 4.10. The Labute approximate surface area is 162 Å². The Kier molecular flexibility index (Phi) is 5.23. The van der Waals surface area contributed by atoms with Crippen molar-refractivity contribution in [1.29, 1.82) is 0 Å². The van der Waals surface area contributed by atoms with Gasteiger partial charge in [-0.2, -0.15) is 5.10 Å². The van der Waals surface area contributed by atoms with Crippen LogP contribution in [0.1, 0.15) is 33.7 Å². The van der Waals surface area contributed by atoms with Crippen molar-refractivity contribution < 1.29 is 9.53 Å². The van der Waals surface area contributed by atoms with Gasteiger partial charge < -0.3 is 10.1 Å². The Morgan fingerprint density at radius 2 is 1.93 bits per heavy atom. The lowest BCUT2D eigenvalue weighted by atomic mass is 10.1. The van der Waals surface area contributed by atoms with Crippen LogP contribution in [0, 0.1) is 0 Å². The van der Waals surface area contributed by atoms with E-state index in [1.807, 2.05) is 44.2 Å². The number of halogens is 1. The fourth-order valence-corrected chi connectivity index (χ4v) is 2.67. The molecule has 0 bridgehead atoms. The molecule has 2 heterocycles. The van der Waals surface area contributed by atoms with Crippen LogP contribution < -0.4 is 10.1 Å². The van der Waals surface area contributed by atoms with Gasteiger partial charge in [-0.15, -0.1) is 5.10 Å². The molecule has 0 unspecified atom stereocenters. The van der Waals surface area contributed by atoms with Gasteiger partial charge in [-0.25, -0.2) is 9.36 Å². The number of carbonyl (C=O) groups is 1. The molecule has 0 aliphatic carbocycles. The lowest BCUT2D eigenvalue weighted by molar-refractivity contribution is -0.128. The molecule has 3 aromatic rings. The Balaban J connectivity index is 1.77. The van der Waals surface area contributed by atoms with Crippen LogP contribution in [-0.2, 0) is 4.79 Å². The molecule has 0 saturated carbocycles. The predicted molar refractivity (Wildman–Crippen MR) is 105 cm³/mol. The van der Waals surface area contributed by atoms with E-state index in [1.165, 1.54) is 0 Å². The van der Waals surface area contributed by atoms with Crippen molar-refractivity contribution >= 4 is 23.3 Å². The number of nitrogens with one attached hydrogen (secondary N) is 1. The molecule has 0 spiro atoms. The zero-order valence-corrected chi connectivity index (χ0v) is 16.4. The monoisotopic (exact) mass is 387 g/mol. The average Bonchev–Trinajstić information content (AvgIpc) is 3.22. The molecule has 0 radical (unpaired) electrons. The van der Waals surface area contributed by atoms with Gasteiger partial charge in [-0.1, -0.05) is 29.8 Å². The molecule has 0 aliphatic heterocycles. The third-order valence-corrected chi connectivity index (χ3v) is 4.22. The van der Waals surface area contributed by atoms with Crippen molar-refractivity contribution in [3.05, 3.63) is 53.8 Å². The van der Waals surface area contributed by atoms with Crippen molar-refractivity contribution in [2.45, 2.75) is 39.3 Å². The number of rotatable bonds is 6. The third kappa shape index (κ3) is 4.14. The van der Waals surface area contributed by atoms with Crippen LogP contribution in [0.3, 0.4) is 0 Å². The lowest BCUT2D eigenvalue weighted by Crippen LogP contribution is -2.43. The van der Waals surface area contributed by atoms with Gasteiger partial charge in [0.25, 0.3) is 11.8 Å². The maximum Gasteiger partial charge on any atom is 0.269 e. The molecule has 1 amide bonds. The van der Waals surface area contributed by atoms with E-state index in [1.54, 1.807) is 41.7 Å². The van der Waals surface area contributed by atoms with E-state index in [9.17, 15) is 4.79 Å². The third-order valence-electron chi connectivity index (χ3n) is 3.96. The second-order valence-electron chi connectivity index (χ2n) is 6.88. The first-order chi connectivity index (χ1) is 12.8. The molecule has 2 aromatic heterocycles. The number of hydrogen-bond acceptors (Lipinski definition) is 4. The molecular weight excluding hydrogens is 366 g/mol. The van der Waals surface area contributed by atoms with E-state index in [0.29, 0.717) is 10.8 Å². The summed E-state index contributed by atoms with van der Waals surface area (Å²) < 4.78 is 9.18. The number of anilines is 1. The number of para-hydroxylation sites is 1. The molecule has 0 saturated heterocycles. The van der Waals surface area contributed by atoms with Crippen LogP contribution in [0.2, 0.25) is 5.02 Å². The van der Waals surface area contributed by atoms with Crippen molar-refractivity contribution in [1.82, 2.24) is 19.6 Å². The van der Waals surface area contributed by atoms with E-state index in [4.69, 9.17) is 16.3 Å². The van der Waals surface area contributed by atoms with Crippen molar-refractivity contribution in [2.24, 2.45) is 0 Å². The summed E-state index contributed by atoms with van der Waals surface area (Å²) >= 11 is 6.26. The highest BCUT2D eigenvalue weighted by atomic mass is 35.5. The van der Waals surface area contributed by atoms with Crippen LogP contribution in [-0.4, -0.2) is 31.1 Å². The summed E-state index contributed by atoms with van der Waals surface area (Å²) in [6.45, 7) is 7.30. The summed E-state index contributed by atoms with van der Waals surface area (Å²) in [4.78, 5) is 12.7. The van der Waals surface area contributed by atoms with Crippen molar-refractivity contribution in [2.75, 3.05) is 5.32 Å². The highest BCUT2D eigenvalue weighted by molar-refractivity contribution is 6.31. The summed E-state index contributed by atoms with van der Waals surface area (Å²) in [5.74, 6) is 0.473. The number of nitrogens with zero attached hydrogens (tertiary/aromatic N) is 4. The molecule has 27 heavy (non-hydrogen) atoms. The highest BCUT2D eigenvalue weighted by Crippen LogP contribution is 2.28. The van der Waals surface area contributed by atoms with Gasteiger partial charge in [0.05, 0.1) is 18.1 Å². The van der Waals surface area contributed by atoms with Gasteiger partial charge in [-0.3, -0.25) is 4.79 Å². The Morgan fingerprint density at radius 1 is 1.22 bits per heavy atom. The number of amides is 1. The quantitative estimate of drug-likeness (QED) is 0.691. The molecule has 0 aliphatic rings. The first-order valence-electron chi connectivity index (χ1n) is 8.62. The summed E-state index contributed by atoms with van der Waals surface area (Å²) in [6, 6.07) is 11.4. The molecule has 142 valence electrons. The van der Waals surface area contributed by atoms with Gasteiger partial charge in [0, 0.05) is 12.1 Å². The Bertz CT molecular complexity index is 931. The maximum atomic E-state index is 12.7. The van der Waals surface area contributed by atoms with Gasteiger partial charge >= 0.3 is 0 Å². The minimum Gasteiger partial charge on any atom is -0.459 e. The zero-order valence-electron chi connectivity index (χ0n) is 15.7. The maximum absolute atomic E-state index is 12.7. The number of benzene rings is 1. The van der Waals surface area contributed by atoms with Gasteiger partial charge in [-0.05, 0) is 39.8 Å². The second-order valence-corrected chi connectivity index (χ2v) is 7.29. The Hall–Kier alpha value is -2.80. The first-order valence-corrected chi connectivity index (χ1v) is 9.00. The van der Waals surface area contributed by atoms with Crippen LogP contribution in [0.4, 0.5) is 5.82 Å². The van der Waals surface area contributed by atoms with E-state index >= 15 is 0 Å². The van der Waals surface area contributed by atoms with E-state index in [2.05, 4.69) is 15.5 Å². The normalized spacial score (nSPS) is 11.6. The summed E-state index contributed by atoms with van der Waals surface area (Å²) in [6.07, 6.45) is 3.29. The van der Waals surface area contributed by atoms with Crippen LogP contribution in [0.5, 0.6) is 5.88 Å². The molecule has 0 atom stereocenters. The van der Waals surface area contributed by atoms with Crippen molar-refractivity contribution in [3.63, 3.8) is 0 Å². The molecular formula is C19H22ClN5O2. The molecule has 0 fully saturated rings. The minimum absolute atomic E-state index is 0.121. The van der Waals surface area contributed by atoms with E-state index in [-0.39, 0.29) is 17.8 Å². The second kappa shape index (κ2) is 7.44. The van der Waals surface area contributed by atoms with Crippen molar-refractivity contribution in [3.8, 4) is 11.6 Å². The van der Waals surface area contributed by atoms with Gasteiger partial charge in [0.15, 0.2) is 5.60 Å². The highest BCUT2D eigenvalue weighted by Gasteiger charge is 2.32. The summed E-state index contributed by atoms with van der Waals surface area (Å²) in [5.41, 5.74) is -0.344. The van der Waals surface area contributed by atoms with E-state index in [0.717, 1.165) is 5.69 Å². The topological polar surface area (TPSA) is 74.0 Å². The fourth-order valence-electron chi connectivity index (χ4n) is 2.50. The van der Waals surface area contributed by atoms with Crippen LogP contribution in [0.25, 0.3) is 5.69 Å². The molecule has 3 rings (SSSR count). The smallest absolute Gasteiger partial charge is 0.269 e. The molecule has 1 N–H and O–H groups in total. The number of ether oxygens (including phenoxy) is 1. The number of carbonyl (C=O) groups excluding carboxylic acids is 1. The standard InChI is InChI=1S/C19H22ClN5O2/c1-13(2)25-16(10-11-21-25)22-18(26)19(3,4)27-17-15(20)12-24(23-17)14-8-6-5-7-9-14/h5-13H,1-4H3,(H,22,26). The number of aromatic nitrogens is 4. The zero-order chi connectivity index (χ0) is 19.6. The Morgan fingerprint density at radius 3 is 2.59 bits per heavy atom. The van der Waals surface area contributed by atoms with Gasteiger partial charge in [0.1, 0.15) is 10.8 Å². The largest absolute Gasteiger partial charge is 0.459 e. The average molecular weight is 388 g/mol. The molecule has 8 heteroatoms. The molecule has 7 nitrogen and oxygen atoms in total. The van der Waals surface area contributed by atoms with Crippen LogP contribution >= 0.6 is 11.6 Å². The fraction of sp³-hybridized carbons (Fsp3) is 0.316. The van der Waals surface area contributed by atoms with Gasteiger partial charge in [0.2, 0.25) is 0 Å². The van der Waals surface area contributed by atoms with E-state index < -0.39 is 5.60 Å². The van der Waals surface area contributed by atoms with Crippen LogP contribution in [0.15, 0.2) is 48.8 Å². The molecule has 1 aromatic carbocycles. The SMILES string of the molecule is CC(C)n1nccc1NC(=O)C(C)(C)Oc1nn(-c2ccccc2)cc1Cl. The summed E-state index contributed by atoms with van der Waals surface area (Å²) in [7, 11) is 0. The lowest BCUT2D eigenvalue weighted by Gasteiger charge is -2.24.